The van der Waals surface area contributed by atoms with E-state index in [-0.39, 0.29) is 6.23 Å². The van der Waals surface area contributed by atoms with Crippen molar-refractivity contribution in [1.82, 2.24) is 0 Å². The van der Waals surface area contributed by atoms with Crippen LogP contribution in [0, 0.1) is 0 Å². The van der Waals surface area contributed by atoms with Gasteiger partial charge in [0.2, 0.25) is 0 Å². The summed E-state index contributed by atoms with van der Waals surface area (Å²) in [5.74, 6) is 0.882. The third-order valence-electron chi connectivity index (χ3n) is 2.35. The van der Waals surface area contributed by atoms with Gasteiger partial charge in [-0.15, -0.1) is 0 Å². The molecule has 1 aromatic carbocycles. The molecule has 0 aromatic heterocycles. The fourth-order valence-electron chi connectivity index (χ4n) is 1.32. The first-order chi connectivity index (χ1) is 7.40. The molecular formula is C11H13NO3. The van der Waals surface area contributed by atoms with E-state index in [0.29, 0.717) is 12.7 Å². The first-order valence-corrected chi connectivity index (χ1v) is 5.13. The maximum atomic E-state index is 5.52. The van der Waals surface area contributed by atoms with Crippen LogP contribution in [0.2, 0.25) is 0 Å². The summed E-state index contributed by atoms with van der Waals surface area (Å²) in [4.78, 5) is 0. The Kier molecular flexibility index (Phi) is 2.23. The van der Waals surface area contributed by atoms with Crippen LogP contribution in [-0.4, -0.2) is 32.2 Å². The van der Waals surface area contributed by atoms with Gasteiger partial charge in [0.1, 0.15) is 18.5 Å². The van der Waals surface area contributed by atoms with Gasteiger partial charge in [-0.3, -0.25) is 0 Å². The molecule has 2 aliphatic heterocycles. The summed E-state index contributed by atoms with van der Waals surface area (Å²) < 4.78 is 15.7. The largest absolute Gasteiger partial charge is 0.491 e. The van der Waals surface area contributed by atoms with Gasteiger partial charge < -0.3 is 19.5 Å². The highest BCUT2D eigenvalue weighted by molar-refractivity contribution is 5.47. The molecule has 0 amide bonds. The number of rotatable bonds is 5. The van der Waals surface area contributed by atoms with Crippen LogP contribution in [0.1, 0.15) is 0 Å². The highest BCUT2D eigenvalue weighted by atomic mass is 16.6. The van der Waals surface area contributed by atoms with Gasteiger partial charge in [-0.2, -0.15) is 0 Å². The van der Waals surface area contributed by atoms with Gasteiger partial charge in [-0.1, -0.05) is 0 Å². The lowest BCUT2D eigenvalue weighted by Crippen LogP contribution is -2.05. The van der Waals surface area contributed by atoms with E-state index in [9.17, 15) is 0 Å². The molecule has 0 spiro atoms. The SMILES string of the molecule is c1cc(OCC2CO2)ccc1NC1CO1. The van der Waals surface area contributed by atoms with Gasteiger partial charge in [0.15, 0.2) is 6.23 Å². The van der Waals surface area contributed by atoms with E-state index in [1.165, 1.54) is 0 Å². The molecule has 2 atom stereocenters. The van der Waals surface area contributed by atoms with Crippen molar-refractivity contribution in [3.8, 4) is 5.75 Å². The van der Waals surface area contributed by atoms with Gasteiger partial charge in [-0.05, 0) is 24.3 Å². The quantitative estimate of drug-likeness (QED) is 0.738. The predicted molar refractivity (Wildman–Crippen MR) is 55.0 cm³/mol. The summed E-state index contributed by atoms with van der Waals surface area (Å²) in [6.07, 6.45) is 0.513. The summed E-state index contributed by atoms with van der Waals surface area (Å²) >= 11 is 0. The second-order valence-corrected chi connectivity index (χ2v) is 3.76. The predicted octanol–water partition coefficient (Wildman–Crippen LogP) is 1.23. The lowest BCUT2D eigenvalue weighted by molar-refractivity contribution is 0.263. The minimum Gasteiger partial charge on any atom is -0.491 e. The van der Waals surface area contributed by atoms with Gasteiger partial charge in [0.05, 0.1) is 13.2 Å². The Morgan fingerprint density at radius 2 is 1.93 bits per heavy atom. The summed E-state index contributed by atoms with van der Waals surface area (Å²) in [7, 11) is 0. The molecule has 80 valence electrons. The lowest BCUT2D eigenvalue weighted by atomic mass is 10.3. The Morgan fingerprint density at radius 1 is 1.20 bits per heavy atom. The molecule has 3 rings (SSSR count). The molecule has 2 unspecified atom stereocenters. The van der Waals surface area contributed by atoms with Crippen LogP contribution in [0.15, 0.2) is 24.3 Å². The Hall–Kier alpha value is -1.26. The van der Waals surface area contributed by atoms with Crippen molar-refractivity contribution in [2.24, 2.45) is 0 Å². The Bertz CT molecular complexity index is 330. The minimum absolute atomic E-state index is 0.205. The summed E-state index contributed by atoms with van der Waals surface area (Å²) in [5, 5.41) is 3.22. The van der Waals surface area contributed by atoms with Crippen molar-refractivity contribution in [1.29, 1.82) is 0 Å². The maximum Gasteiger partial charge on any atom is 0.151 e. The highest BCUT2D eigenvalue weighted by Gasteiger charge is 2.23. The van der Waals surface area contributed by atoms with E-state index in [1.807, 2.05) is 24.3 Å². The van der Waals surface area contributed by atoms with Crippen LogP contribution in [0.25, 0.3) is 0 Å². The smallest absolute Gasteiger partial charge is 0.151 e. The van der Waals surface area contributed by atoms with Crippen molar-refractivity contribution in [3.63, 3.8) is 0 Å². The van der Waals surface area contributed by atoms with Crippen LogP contribution in [0.3, 0.4) is 0 Å². The number of hydrogen-bond acceptors (Lipinski definition) is 4. The Balaban J connectivity index is 1.53. The molecule has 0 saturated carbocycles. The molecular weight excluding hydrogens is 194 g/mol. The Labute approximate surface area is 88.1 Å². The first-order valence-electron chi connectivity index (χ1n) is 5.13. The highest BCUT2D eigenvalue weighted by Crippen LogP contribution is 2.20. The summed E-state index contributed by atoms with van der Waals surface area (Å²) in [6.45, 7) is 2.29. The fourth-order valence-corrected chi connectivity index (χ4v) is 1.32. The molecule has 1 aromatic rings. The molecule has 2 heterocycles. The number of ether oxygens (including phenoxy) is 3. The maximum absolute atomic E-state index is 5.52. The van der Waals surface area contributed by atoms with E-state index in [4.69, 9.17) is 14.2 Å². The zero-order valence-corrected chi connectivity index (χ0v) is 8.31. The van der Waals surface area contributed by atoms with E-state index in [1.54, 1.807) is 0 Å². The minimum atomic E-state index is 0.205. The summed E-state index contributed by atoms with van der Waals surface area (Å²) in [5.41, 5.74) is 1.06. The normalized spacial score (nSPS) is 27.2. The topological polar surface area (TPSA) is 46.3 Å². The molecule has 0 bridgehead atoms. The average molecular weight is 207 g/mol. The molecule has 2 aliphatic rings. The third kappa shape index (κ3) is 2.61. The van der Waals surface area contributed by atoms with Crippen LogP contribution < -0.4 is 10.1 Å². The monoisotopic (exact) mass is 207 g/mol. The van der Waals surface area contributed by atoms with Crippen LogP contribution in [0.4, 0.5) is 5.69 Å². The van der Waals surface area contributed by atoms with E-state index >= 15 is 0 Å². The number of benzene rings is 1. The van der Waals surface area contributed by atoms with Crippen LogP contribution in [-0.2, 0) is 9.47 Å². The third-order valence-corrected chi connectivity index (χ3v) is 2.35. The van der Waals surface area contributed by atoms with E-state index < -0.39 is 0 Å². The fraction of sp³-hybridized carbons (Fsp3) is 0.455. The van der Waals surface area contributed by atoms with Crippen molar-refractivity contribution in [2.45, 2.75) is 12.3 Å². The molecule has 0 aliphatic carbocycles. The van der Waals surface area contributed by atoms with Gasteiger partial charge in [0, 0.05) is 5.69 Å². The van der Waals surface area contributed by atoms with Crippen molar-refractivity contribution in [2.75, 3.05) is 25.1 Å². The van der Waals surface area contributed by atoms with Crippen molar-refractivity contribution in [3.05, 3.63) is 24.3 Å². The second kappa shape index (κ2) is 3.72. The lowest BCUT2D eigenvalue weighted by Gasteiger charge is -2.06. The van der Waals surface area contributed by atoms with Crippen LogP contribution in [0.5, 0.6) is 5.75 Å². The molecule has 2 saturated heterocycles. The number of anilines is 1. The first kappa shape index (κ1) is 9.00. The molecule has 0 radical (unpaired) electrons. The van der Waals surface area contributed by atoms with Crippen molar-refractivity contribution < 1.29 is 14.2 Å². The van der Waals surface area contributed by atoms with E-state index in [2.05, 4.69) is 5.32 Å². The van der Waals surface area contributed by atoms with Gasteiger partial charge >= 0.3 is 0 Å². The van der Waals surface area contributed by atoms with Gasteiger partial charge in [-0.25, -0.2) is 0 Å². The average Bonchev–Trinajstić information content (AvgIpc) is 3.12. The molecule has 4 nitrogen and oxygen atoms in total. The number of epoxide rings is 2. The number of nitrogens with one attached hydrogen (secondary N) is 1. The molecule has 2 fully saturated rings. The zero-order chi connectivity index (χ0) is 10.1. The molecule has 15 heavy (non-hydrogen) atoms. The second-order valence-electron chi connectivity index (χ2n) is 3.76. The van der Waals surface area contributed by atoms with Crippen LogP contribution >= 0.6 is 0 Å². The standard InChI is InChI=1S/C11H13NO3/c1-3-9(13-5-10-6-14-10)4-2-8(1)12-11-7-15-11/h1-4,10-12H,5-7H2. The summed E-state index contributed by atoms with van der Waals surface area (Å²) in [6, 6.07) is 7.88. The van der Waals surface area contributed by atoms with Gasteiger partial charge in [0.25, 0.3) is 0 Å². The number of hydrogen-bond donors (Lipinski definition) is 1. The van der Waals surface area contributed by atoms with Crippen molar-refractivity contribution >= 4 is 5.69 Å². The molecule has 4 heteroatoms. The molecule has 1 N–H and O–H groups in total. The van der Waals surface area contributed by atoms with E-state index in [0.717, 1.165) is 24.7 Å². The Morgan fingerprint density at radius 3 is 2.53 bits per heavy atom. The zero-order valence-electron chi connectivity index (χ0n) is 8.31.